The molecule has 1 heterocycles. The Labute approximate surface area is 129 Å². The summed E-state index contributed by atoms with van der Waals surface area (Å²) in [5, 5.41) is 3.24. The van der Waals surface area contributed by atoms with Crippen molar-refractivity contribution in [2.45, 2.75) is 32.0 Å². The van der Waals surface area contributed by atoms with Crippen LogP contribution in [0.1, 0.15) is 30.0 Å². The summed E-state index contributed by atoms with van der Waals surface area (Å²) in [4.78, 5) is 2.14. The molecule has 3 nitrogen and oxygen atoms in total. The van der Waals surface area contributed by atoms with E-state index in [1.165, 1.54) is 0 Å². The van der Waals surface area contributed by atoms with Gasteiger partial charge in [-0.3, -0.25) is 4.90 Å². The molecular formula is C16H23F3N2O. The number of ether oxygens (including phenoxy) is 1. The largest absolute Gasteiger partial charge is 0.496 e. The van der Waals surface area contributed by atoms with E-state index in [9.17, 15) is 13.2 Å². The van der Waals surface area contributed by atoms with E-state index in [2.05, 4.69) is 10.2 Å². The summed E-state index contributed by atoms with van der Waals surface area (Å²) in [5.74, 6) is 0.763. The first-order valence-electron chi connectivity index (χ1n) is 7.57. The Morgan fingerprint density at radius 3 is 2.50 bits per heavy atom. The summed E-state index contributed by atoms with van der Waals surface area (Å²) in [5.41, 5.74) is 1.89. The van der Waals surface area contributed by atoms with E-state index >= 15 is 0 Å². The van der Waals surface area contributed by atoms with Gasteiger partial charge in [-0.1, -0.05) is 12.1 Å². The highest BCUT2D eigenvalue weighted by atomic mass is 19.4. The molecular weight excluding hydrogens is 293 g/mol. The van der Waals surface area contributed by atoms with Crippen LogP contribution in [0.5, 0.6) is 5.75 Å². The molecule has 1 atom stereocenters. The van der Waals surface area contributed by atoms with Gasteiger partial charge in [0.1, 0.15) is 5.75 Å². The molecule has 1 aromatic rings. The third kappa shape index (κ3) is 4.61. The number of hydrogen-bond acceptors (Lipinski definition) is 3. The van der Waals surface area contributed by atoms with E-state index in [-0.39, 0.29) is 12.5 Å². The number of benzene rings is 1. The Kier molecular flexibility index (Phi) is 5.69. The third-order valence-corrected chi connectivity index (χ3v) is 4.10. The van der Waals surface area contributed by atoms with E-state index < -0.39 is 12.6 Å². The highest BCUT2D eigenvalue weighted by molar-refractivity contribution is 5.37. The van der Waals surface area contributed by atoms with Crippen molar-refractivity contribution in [3.63, 3.8) is 0 Å². The highest BCUT2D eigenvalue weighted by Gasteiger charge is 2.31. The molecule has 0 saturated carbocycles. The molecule has 0 amide bonds. The van der Waals surface area contributed by atoms with Crippen LogP contribution in [0.2, 0.25) is 0 Å². The second kappa shape index (κ2) is 7.33. The maximum Gasteiger partial charge on any atom is 0.389 e. The first kappa shape index (κ1) is 17.1. The molecule has 1 aromatic carbocycles. The second-order valence-corrected chi connectivity index (χ2v) is 5.68. The Morgan fingerprint density at radius 2 is 1.95 bits per heavy atom. The van der Waals surface area contributed by atoms with Gasteiger partial charge in [-0.2, -0.15) is 13.2 Å². The molecule has 0 aromatic heterocycles. The van der Waals surface area contributed by atoms with Gasteiger partial charge in [0.15, 0.2) is 0 Å². The summed E-state index contributed by atoms with van der Waals surface area (Å²) in [6.45, 7) is 5.09. The van der Waals surface area contributed by atoms with Crippen molar-refractivity contribution in [1.82, 2.24) is 10.2 Å². The van der Waals surface area contributed by atoms with Crippen molar-refractivity contribution < 1.29 is 17.9 Å². The van der Waals surface area contributed by atoms with Crippen molar-refractivity contribution in [3.05, 3.63) is 29.3 Å². The minimum Gasteiger partial charge on any atom is -0.496 e. The van der Waals surface area contributed by atoms with Gasteiger partial charge < -0.3 is 10.1 Å². The SMILES string of the molecule is COc1ccc([C@@H](CCC(F)(F)F)N2CCNCC2)cc1C. The summed E-state index contributed by atoms with van der Waals surface area (Å²) in [6.07, 6.45) is -4.78. The van der Waals surface area contributed by atoms with Gasteiger partial charge in [0.05, 0.1) is 7.11 Å². The molecule has 0 radical (unpaired) electrons. The fourth-order valence-electron chi connectivity index (χ4n) is 2.96. The van der Waals surface area contributed by atoms with Crippen LogP contribution in [0.3, 0.4) is 0 Å². The number of methoxy groups -OCH3 is 1. The van der Waals surface area contributed by atoms with Gasteiger partial charge >= 0.3 is 6.18 Å². The van der Waals surface area contributed by atoms with Crippen molar-refractivity contribution in [1.29, 1.82) is 0 Å². The summed E-state index contributed by atoms with van der Waals surface area (Å²) >= 11 is 0. The third-order valence-electron chi connectivity index (χ3n) is 4.10. The quantitative estimate of drug-likeness (QED) is 0.902. The molecule has 1 N–H and O–H groups in total. The number of alkyl halides is 3. The van der Waals surface area contributed by atoms with Gasteiger partial charge in [0.25, 0.3) is 0 Å². The number of rotatable bonds is 5. The normalized spacial score (nSPS) is 18.2. The first-order chi connectivity index (χ1) is 10.4. The second-order valence-electron chi connectivity index (χ2n) is 5.68. The monoisotopic (exact) mass is 316 g/mol. The molecule has 0 unspecified atom stereocenters. The number of nitrogens with zero attached hydrogens (tertiary/aromatic N) is 1. The van der Waals surface area contributed by atoms with Gasteiger partial charge in [0.2, 0.25) is 0 Å². The zero-order chi connectivity index (χ0) is 16.2. The number of hydrogen-bond donors (Lipinski definition) is 1. The van der Waals surface area contributed by atoms with Crippen LogP contribution in [0, 0.1) is 6.92 Å². The highest BCUT2D eigenvalue weighted by Crippen LogP contribution is 2.33. The van der Waals surface area contributed by atoms with Crippen LogP contribution < -0.4 is 10.1 Å². The predicted molar refractivity (Wildman–Crippen MR) is 80.2 cm³/mol. The maximum atomic E-state index is 12.6. The van der Waals surface area contributed by atoms with E-state index in [1.807, 2.05) is 25.1 Å². The molecule has 6 heteroatoms. The standard InChI is InChI=1S/C16H23F3N2O/c1-12-11-13(3-4-15(12)22-2)14(5-6-16(17,18)19)21-9-7-20-8-10-21/h3-4,11,14,20H,5-10H2,1-2H3/t14-/m1/s1. The minimum absolute atomic E-state index is 0.0925. The minimum atomic E-state index is -4.12. The number of nitrogens with one attached hydrogen (secondary N) is 1. The Morgan fingerprint density at radius 1 is 1.27 bits per heavy atom. The lowest BCUT2D eigenvalue weighted by molar-refractivity contribution is -0.138. The van der Waals surface area contributed by atoms with Crippen molar-refractivity contribution in [2.75, 3.05) is 33.3 Å². The van der Waals surface area contributed by atoms with Crippen LogP contribution in [-0.2, 0) is 0 Å². The van der Waals surface area contributed by atoms with E-state index in [0.29, 0.717) is 0 Å². The number of aryl methyl sites for hydroxylation is 1. The first-order valence-corrected chi connectivity index (χ1v) is 7.57. The van der Waals surface area contributed by atoms with Crippen LogP contribution >= 0.6 is 0 Å². The molecule has 2 rings (SSSR count). The zero-order valence-corrected chi connectivity index (χ0v) is 13.0. The van der Waals surface area contributed by atoms with Gasteiger partial charge in [-0.15, -0.1) is 0 Å². The van der Waals surface area contributed by atoms with E-state index in [1.54, 1.807) is 7.11 Å². The Balaban J connectivity index is 2.20. The van der Waals surface area contributed by atoms with Gasteiger partial charge in [-0.25, -0.2) is 0 Å². The van der Waals surface area contributed by atoms with Crippen LogP contribution in [0.4, 0.5) is 13.2 Å². The summed E-state index contributed by atoms with van der Waals surface area (Å²) in [7, 11) is 1.60. The fourth-order valence-corrected chi connectivity index (χ4v) is 2.96. The van der Waals surface area contributed by atoms with Crippen LogP contribution in [0.15, 0.2) is 18.2 Å². The molecule has 1 saturated heterocycles. The van der Waals surface area contributed by atoms with Gasteiger partial charge in [-0.05, 0) is 30.5 Å². The van der Waals surface area contributed by atoms with Gasteiger partial charge in [0, 0.05) is 38.6 Å². The molecule has 1 aliphatic rings. The number of halogens is 3. The van der Waals surface area contributed by atoms with E-state index in [4.69, 9.17) is 4.74 Å². The smallest absolute Gasteiger partial charge is 0.389 e. The maximum absolute atomic E-state index is 12.6. The summed E-state index contributed by atoms with van der Waals surface area (Å²) in [6, 6.07) is 5.47. The number of piperazine rings is 1. The fraction of sp³-hybridized carbons (Fsp3) is 0.625. The predicted octanol–water partition coefficient (Wildman–Crippen LogP) is 3.29. The summed E-state index contributed by atoms with van der Waals surface area (Å²) < 4.78 is 43.2. The van der Waals surface area contributed by atoms with E-state index in [0.717, 1.165) is 43.1 Å². The van der Waals surface area contributed by atoms with Crippen molar-refractivity contribution in [2.24, 2.45) is 0 Å². The lowest BCUT2D eigenvalue weighted by Gasteiger charge is -2.35. The lowest BCUT2D eigenvalue weighted by Crippen LogP contribution is -2.45. The topological polar surface area (TPSA) is 24.5 Å². The molecule has 1 fully saturated rings. The molecule has 0 bridgehead atoms. The zero-order valence-electron chi connectivity index (χ0n) is 13.0. The molecule has 124 valence electrons. The lowest BCUT2D eigenvalue weighted by atomic mass is 9.97. The Hall–Kier alpha value is -1.27. The average Bonchev–Trinajstić information content (AvgIpc) is 2.47. The van der Waals surface area contributed by atoms with Crippen LogP contribution in [-0.4, -0.2) is 44.4 Å². The average molecular weight is 316 g/mol. The van der Waals surface area contributed by atoms with Crippen molar-refractivity contribution in [3.8, 4) is 5.75 Å². The molecule has 0 aliphatic carbocycles. The van der Waals surface area contributed by atoms with Crippen molar-refractivity contribution >= 4 is 0 Å². The Bertz CT molecular complexity index is 485. The molecule has 22 heavy (non-hydrogen) atoms. The molecule has 1 aliphatic heterocycles. The van der Waals surface area contributed by atoms with Crippen LogP contribution in [0.25, 0.3) is 0 Å². The molecule has 0 spiro atoms.